The highest BCUT2D eigenvalue weighted by Crippen LogP contribution is 2.27. The van der Waals surface area contributed by atoms with Gasteiger partial charge < -0.3 is 19.5 Å². The van der Waals surface area contributed by atoms with Gasteiger partial charge in [-0.25, -0.2) is 4.39 Å². The topological polar surface area (TPSA) is 58.9 Å². The van der Waals surface area contributed by atoms with Gasteiger partial charge in [0.15, 0.2) is 11.5 Å². The minimum absolute atomic E-state index is 0.229. The summed E-state index contributed by atoms with van der Waals surface area (Å²) in [4.78, 5) is 0. The van der Waals surface area contributed by atoms with Gasteiger partial charge in [-0.3, -0.25) is 0 Å². The molecule has 0 atom stereocenters. The maximum atomic E-state index is 13.4. The molecule has 0 saturated heterocycles. The highest BCUT2D eigenvalue weighted by Gasteiger charge is 2.20. The Labute approximate surface area is 100 Å². The van der Waals surface area contributed by atoms with Crippen molar-refractivity contribution in [2.75, 3.05) is 13.7 Å². The standard InChI is InChI=1S/C11H16BFO4/c1-7(2)6-17-11-4-8(12(14)15)9(13)5-10(11)16-3/h4-5,7,14-15H,6H2,1-3H3. The minimum atomic E-state index is -1.87. The lowest BCUT2D eigenvalue weighted by molar-refractivity contribution is 0.256. The Kier molecular flexibility index (Phi) is 4.78. The van der Waals surface area contributed by atoms with Crippen LogP contribution in [-0.2, 0) is 0 Å². The number of hydrogen-bond acceptors (Lipinski definition) is 4. The molecule has 0 aliphatic heterocycles. The first-order valence-corrected chi connectivity index (χ1v) is 5.32. The van der Waals surface area contributed by atoms with E-state index < -0.39 is 12.9 Å². The van der Waals surface area contributed by atoms with Crippen LogP contribution in [-0.4, -0.2) is 30.9 Å². The Bertz CT molecular complexity index is 382. The normalized spacial score (nSPS) is 10.5. The largest absolute Gasteiger partial charge is 0.493 e. The number of methoxy groups -OCH3 is 1. The van der Waals surface area contributed by atoms with Gasteiger partial charge in [-0.2, -0.15) is 0 Å². The fourth-order valence-electron chi connectivity index (χ4n) is 1.28. The summed E-state index contributed by atoms with van der Waals surface area (Å²) in [7, 11) is -0.478. The summed E-state index contributed by atoms with van der Waals surface area (Å²) in [6.45, 7) is 4.37. The molecule has 1 aromatic rings. The Morgan fingerprint density at radius 3 is 2.41 bits per heavy atom. The highest BCUT2D eigenvalue weighted by atomic mass is 19.1. The van der Waals surface area contributed by atoms with E-state index in [0.717, 1.165) is 6.07 Å². The van der Waals surface area contributed by atoms with Gasteiger partial charge in [0.05, 0.1) is 13.7 Å². The smallest absolute Gasteiger partial charge is 0.491 e. The van der Waals surface area contributed by atoms with Crippen molar-refractivity contribution in [1.82, 2.24) is 0 Å². The molecule has 0 aromatic heterocycles. The van der Waals surface area contributed by atoms with Gasteiger partial charge in [-0.1, -0.05) is 13.8 Å². The lowest BCUT2D eigenvalue weighted by atomic mass is 9.79. The molecule has 0 aliphatic rings. The summed E-state index contributed by atoms with van der Waals surface area (Å²) in [5.74, 6) is 0.0826. The van der Waals surface area contributed by atoms with E-state index in [9.17, 15) is 4.39 Å². The van der Waals surface area contributed by atoms with Crippen LogP contribution in [0.1, 0.15) is 13.8 Å². The first kappa shape index (κ1) is 13.8. The molecule has 17 heavy (non-hydrogen) atoms. The third kappa shape index (κ3) is 3.61. The van der Waals surface area contributed by atoms with Crippen molar-refractivity contribution in [1.29, 1.82) is 0 Å². The van der Waals surface area contributed by atoms with Crippen LogP contribution >= 0.6 is 0 Å². The third-order valence-corrected chi connectivity index (χ3v) is 2.13. The molecule has 0 aliphatic carbocycles. The lowest BCUT2D eigenvalue weighted by Gasteiger charge is -2.14. The molecule has 0 amide bonds. The zero-order valence-electron chi connectivity index (χ0n) is 10.1. The van der Waals surface area contributed by atoms with Gasteiger partial charge in [0, 0.05) is 11.5 Å². The van der Waals surface area contributed by atoms with Crippen molar-refractivity contribution in [3.8, 4) is 11.5 Å². The fraction of sp³-hybridized carbons (Fsp3) is 0.455. The summed E-state index contributed by atoms with van der Waals surface area (Å²) in [5.41, 5.74) is -0.232. The van der Waals surface area contributed by atoms with Crippen LogP contribution in [0.5, 0.6) is 11.5 Å². The monoisotopic (exact) mass is 242 g/mol. The van der Waals surface area contributed by atoms with E-state index in [-0.39, 0.29) is 11.2 Å². The Morgan fingerprint density at radius 2 is 1.94 bits per heavy atom. The van der Waals surface area contributed by atoms with E-state index in [1.807, 2.05) is 13.8 Å². The van der Waals surface area contributed by atoms with E-state index in [2.05, 4.69) is 0 Å². The van der Waals surface area contributed by atoms with Crippen molar-refractivity contribution >= 4 is 12.6 Å². The van der Waals surface area contributed by atoms with E-state index in [4.69, 9.17) is 19.5 Å². The lowest BCUT2D eigenvalue weighted by Crippen LogP contribution is -2.33. The zero-order valence-corrected chi connectivity index (χ0v) is 10.1. The van der Waals surface area contributed by atoms with E-state index in [0.29, 0.717) is 18.3 Å². The van der Waals surface area contributed by atoms with Gasteiger partial charge in [0.25, 0.3) is 0 Å². The molecule has 0 radical (unpaired) electrons. The molecule has 0 heterocycles. The second-order valence-corrected chi connectivity index (χ2v) is 4.10. The van der Waals surface area contributed by atoms with Crippen LogP contribution in [0.3, 0.4) is 0 Å². The van der Waals surface area contributed by atoms with Crippen LogP contribution in [0.2, 0.25) is 0 Å². The molecule has 0 fully saturated rings. The van der Waals surface area contributed by atoms with Gasteiger partial charge in [-0.05, 0) is 12.0 Å². The second-order valence-electron chi connectivity index (χ2n) is 4.10. The first-order chi connectivity index (χ1) is 7.95. The molecular weight excluding hydrogens is 226 g/mol. The Hall–Kier alpha value is -1.27. The van der Waals surface area contributed by atoms with Crippen LogP contribution < -0.4 is 14.9 Å². The molecule has 0 bridgehead atoms. The number of ether oxygens (including phenoxy) is 2. The van der Waals surface area contributed by atoms with Crippen molar-refractivity contribution in [2.24, 2.45) is 5.92 Å². The molecule has 0 spiro atoms. The van der Waals surface area contributed by atoms with Crippen molar-refractivity contribution < 1.29 is 23.9 Å². The molecule has 1 aromatic carbocycles. The molecular formula is C11H16BFO4. The minimum Gasteiger partial charge on any atom is -0.493 e. The molecule has 2 N–H and O–H groups in total. The van der Waals surface area contributed by atoms with Crippen LogP contribution in [0.15, 0.2) is 12.1 Å². The van der Waals surface area contributed by atoms with Crippen LogP contribution in [0.25, 0.3) is 0 Å². The molecule has 0 unspecified atom stereocenters. The third-order valence-electron chi connectivity index (χ3n) is 2.13. The number of hydrogen-bond donors (Lipinski definition) is 2. The Balaban J connectivity index is 3.03. The fourth-order valence-corrected chi connectivity index (χ4v) is 1.28. The van der Waals surface area contributed by atoms with Gasteiger partial charge in [0.2, 0.25) is 0 Å². The van der Waals surface area contributed by atoms with Crippen molar-refractivity contribution in [2.45, 2.75) is 13.8 Å². The molecule has 0 saturated carbocycles. The quantitative estimate of drug-likeness (QED) is 0.740. The average Bonchev–Trinajstić information content (AvgIpc) is 2.26. The summed E-state index contributed by atoms with van der Waals surface area (Å²) < 4.78 is 23.8. The SMILES string of the molecule is COc1cc(F)c(B(O)O)cc1OCC(C)C. The molecule has 1 rings (SSSR count). The van der Waals surface area contributed by atoms with Crippen LogP contribution in [0, 0.1) is 11.7 Å². The van der Waals surface area contributed by atoms with Gasteiger partial charge >= 0.3 is 7.12 Å². The second kappa shape index (κ2) is 5.88. The predicted octanol–water partition coefficient (Wildman–Crippen LogP) is 0.549. The maximum absolute atomic E-state index is 13.4. The average molecular weight is 242 g/mol. The van der Waals surface area contributed by atoms with Gasteiger partial charge in [0.1, 0.15) is 5.82 Å². The summed E-state index contributed by atoms with van der Waals surface area (Å²) in [6.07, 6.45) is 0. The van der Waals surface area contributed by atoms with Crippen molar-refractivity contribution in [3.63, 3.8) is 0 Å². The first-order valence-electron chi connectivity index (χ1n) is 5.32. The van der Waals surface area contributed by atoms with E-state index in [1.165, 1.54) is 13.2 Å². The highest BCUT2D eigenvalue weighted by molar-refractivity contribution is 6.58. The summed E-state index contributed by atoms with van der Waals surface area (Å²) in [6, 6.07) is 2.31. The van der Waals surface area contributed by atoms with E-state index >= 15 is 0 Å². The summed E-state index contributed by atoms with van der Waals surface area (Å²) in [5, 5.41) is 18.0. The predicted molar refractivity (Wildman–Crippen MR) is 63.1 cm³/mol. The molecule has 6 heteroatoms. The maximum Gasteiger partial charge on any atom is 0.491 e. The van der Waals surface area contributed by atoms with E-state index in [1.54, 1.807) is 0 Å². The Morgan fingerprint density at radius 1 is 1.29 bits per heavy atom. The van der Waals surface area contributed by atoms with Crippen molar-refractivity contribution in [3.05, 3.63) is 17.9 Å². The number of halogens is 1. The summed E-state index contributed by atoms with van der Waals surface area (Å²) >= 11 is 0. The number of rotatable bonds is 5. The van der Waals surface area contributed by atoms with Gasteiger partial charge in [-0.15, -0.1) is 0 Å². The van der Waals surface area contributed by atoms with Crippen LogP contribution in [0.4, 0.5) is 4.39 Å². The number of benzene rings is 1. The molecule has 94 valence electrons. The molecule has 4 nitrogen and oxygen atoms in total. The zero-order chi connectivity index (χ0) is 13.0.